The molecule has 0 amide bonds. The molecule has 144 valence electrons. The van der Waals surface area contributed by atoms with E-state index < -0.39 is 0 Å². The van der Waals surface area contributed by atoms with Gasteiger partial charge in [0.1, 0.15) is 5.15 Å². The van der Waals surface area contributed by atoms with Crippen molar-refractivity contribution < 1.29 is 0 Å². The highest BCUT2D eigenvalue weighted by molar-refractivity contribution is 7.19. The molecule has 0 saturated carbocycles. The van der Waals surface area contributed by atoms with Crippen LogP contribution in [0.15, 0.2) is 42.5 Å². The van der Waals surface area contributed by atoms with E-state index in [1.165, 1.54) is 31.7 Å². The minimum Gasteiger partial charge on any atom is -0.218 e. The van der Waals surface area contributed by atoms with Crippen LogP contribution in [0.5, 0.6) is 0 Å². The fourth-order valence-corrected chi connectivity index (χ4v) is 5.54. The molecule has 0 saturated heterocycles. The Morgan fingerprint density at radius 3 is 2.59 bits per heavy atom. The Morgan fingerprint density at radius 1 is 0.966 bits per heavy atom. The Kier molecular flexibility index (Phi) is 4.70. The highest BCUT2D eigenvalue weighted by Gasteiger charge is 2.15. The third-order valence-electron chi connectivity index (χ3n) is 5.50. The van der Waals surface area contributed by atoms with E-state index in [1.807, 2.05) is 18.3 Å². The lowest BCUT2D eigenvalue weighted by molar-refractivity contribution is 1.02. The van der Waals surface area contributed by atoms with Gasteiger partial charge in [0.2, 0.25) is 5.28 Å². The summed E-state index contributed by atoms with van der Waals surface area (Å²) < 4.78 is 1.36. The normalized spacial score (nSPS) is 13.1. The van der Waals surface area contributed by atoms with Gasteiger partial charge in [0.25, 0.3) is 0 Å². The summed E-state index contributed by atoms with van der Waals surface area (Å²) in [6, 6.07) is 13.2. The van der Waals surface area contributed by atoms with Gasteiger partial charge in [0.15, 0.2) is 0 Å². The Labute approximate surface area is 183 Å². The van der Waals surface area contributed by atoms with Crippen LogP contribution in [-0.2, 0) is 6.42 Å². The molecule has 0 aliphatic heterocycles. The molecule has 2 heterocycles. The first kappa shape index (κ1) is 18.8. The summed E-state index contributed by atoms with van der Waals surface area (Å²) in [5, 5.41) is 1.91. The molecule has 2 aromatic carbocycles. The summed E-state index contributed by atoms with van der Waals surface area (Å²) in [6.07, 6.45) is 6.85. The maximum absolute atomic E-state index is 6.21. The van der Waals surface area contributed by atoms with Crippen molar-refractivity contribution in [1.29, 1.82) is 0 Å². The van der Waals surface area contributed by atoms with Crippen LogP contribution in [-0.4, -0.2) is 9.97 Å². The van der Waals surface area contributed by atoms with Crippen molar-refractivity contribution >= 4 is 50.7 Å². The number of allylic oxidation sites excluding steroid dienone is 1. The molecule has 5 heteroatoms. The first-order valence-electron chi connectivity index (χ1n) is 9.54. The number of nitrogens with zero attached hydrogens (tertiary/aromatic N) is 2. The predicted molar refractivity (Wildman–Crippen MR) is 125 cm³/mol. The smallest absolute Gasteiger partial charge is 0.218 e. The van der Waals surface area contributed by atoms with E-state index in [0.717, 1.165) is 35.2 Å². The predicted octanol–water partition coefficient (Wildman–Crippen LogP) is 7.91. The molecule has 29 heavy (non-hydrogen) atoms. The summed E-state index contributed by atoms with van der Waals surface area (Å²) in [4.78, 5) is 9.94. The Hall–Kier alpha value is -2.20. The zero-order valence-corrected chi connectivity index (χ0v) is 18.4. The largest absolute Gasteiger partial charge is 0.224 e. The van der Waals surface area contributed by atoms with E-state index in [2.05, 4.69) is 65.4 Å². The summed E-state index contributed by atoms with van der Waals surface area (Å²) in [5.74, 6) is 0. The molecule has 2 aromatic heterocycles. The fraction of sp³-hybridized carbons (Fsp3) is 0.167. The van der Waals surface area contributed by atoms with E-state index in [9.17, 15) is 0 Å². The molecule has 0 radical (unpaired) electrons. The van der Waals surface area contributed by atoms with Gasteiger partial charge in [0.05, 0.1) is 5.69 Å². The van der Waals surface area contributed by atoms with Crippen LogP contribution in [0.1, 0.15) is 28.0 Å². The lowest BCUT2D eigenvalue weighted by atomic mass is 9.95. The monoisotopic (exact) mass is 436 g/mol. The molecule has 0 N–H and O–H groups in total. The Balaban J connectivity index is 1.60. The fourth-order valence-electron chi connectivity index (χ4n) is 3.97. The molecule has 0 spiro atoms. The second kappa shape index (κ2) is 7.24. The molecule has 0 unspecified atom stereocenters. The van der Waals surface area contributed by atoms with Gasteiger partial charge >= 0.3 is 0 Å². The van der Waals surface area contributed by atoms with Crippen molar-refractivity contribution in [3.8, 4) is 22.4 Å². The average Bonchev–Trinajstić information content (AvgIpc) is 3.09. The molecule has 2 nitrogen and oxygen atoms in total. The highest BCUT2D eigenvalue weighted by Crippen LogP contribution is 2.38. The van der Waals surface area contributed by atoms with Gasteiger partial charge < -0.3 is 0 Å². The van der Waals surface area contributed by atoms with Crippen molar-refractivity contribution in [1.82, 2.24) is 9.97 Å². The zero-order chi connectivity index (χ0) is 20.1. The van der Waals surface area contributed by atoms with E-state index in [1.54, 1.807) is 0 Å². The van der Waals surface area contributed by atoms with Gasteiger partial charge in [-0.05, 0) is 72.7 Å². The molecule has 0 bridgehead atoms. The van der Waals surface area contributed by atoms with Gasteiger partial charge in [-0.2, -0.15) is 0 Å². The van der Waals surface area contributed by atoms with Gasteiger partial charge in [0, 0.05) is 26.1 Å². The minimum atomic E-state index is 0.166. The number of hydrogen-bond donors (Lipinski definition) is 0. The van der Waals surface area contributed by atoms with Crippen LogP contribution in [0.2, 0.25) is 10.4 Å². The maximum atomic E-state index is 6.21. The molecule has 4 aromatic rings. The van der Waals surface area contributed by atoms with Crippen molar-refractivity contribution in [2.45, 2.75) is 26.7 Å². The number of fused-ring (bicyclic) bond motifs is 3. The van der Waals surface area contributed by atoms with Crippen LogP contribution in [0.25, 0.3) is 38.5 Å². The number of hydrogen-bond acceptors (Lipinski definition) is 3. The number of aromatic nitrogens is 2. The lowest BCUT2D eigenvalue weighted by Crippen LogP contribution is -1.96. The molecule has 5 rings (SSSR count). The number of benzene rings is 2. The molecule has 1 aliphatic carbocycles. The first-order chi connectivity index (χ1) is 14.0. The quantitative estimate of drug-likeness (QED) is 0.235. The zero-order valence-electron chi connectivity index (χ0n) is 16.1. The molecule has 0 atom stereocenters. The number of thiophene rings is 1. The van der Waals surface area contributed by atoms with Gasteiger partial charge in [-0.1, -0.05) is 48.0 Å². The second-order valence-electron chi connectivity index (χ2n) is 7.38. The molecule has 0 fully saturated rings. The van der Waals surface area contributed by atoms with Gasteiger partial charge in [-0.3, -0.25) is 0 Å². The van der Waals surface area contributed by atoms with Crippen LogP contribution < -0.4 is 0 Å². The maximum Gasteiger partial charge on any atom is 0.224 e. The summed E-state index contributed by atoms with van der Waals surface area (Å²) >= 11 is 14.2. The summed E-state index contributed by atoms with van der Waals surface area (Å²) in [7, 11) is 0. The van der Waals surface area contributed by atoms with Crippen LogP contribution >= 0.6 is 34.5 Å². The molecular weight excluding hydrogens is 419 g/mol. The van der Waals surface area contributed by atoms with Crippen LogP contribution in [0.3, 0.4) is 0 Å². The van der Waals surface area contributed by atoms with E-state index in [0.29, 0.717) is 5.15 Å². The second-order valence-corrected chi connectivity index (χ2v) is 9.21. The number of rotatable bonds is 2. The van der Waals surface area contributed by atoms with Gasteiger partial charge in [-0.15, -0.1) is 11.3 Å². The average molecular weight is 437 g/mol. The van der Waals surface area contributed by atoms with Crippen molar-refractivity contribution in [2.24, 2.45) is 0 Å². The summed E-state index contributed by atoms with van der Waals surface area (Å²) in [6.45, 7) is 4.01. The first-order valence-corrected chi connectivity index (χ1v) is 11.1. The lowest BCUT2D eigenvalue weighted by Gasteiger charge is -2.12. The molecule has 1 aliphatic rings. The van der Waals surface area contributed by atoms with E-state index in [-0.39, 0.29) is 5.28 Å². The molecular formula is C24H18Cl2N2S. The Bertz CT molecular complexity index is 1300. The highest BCUT2D eigenvalue weighted by atomic mass is 35.5. The van der Waals surface area contributed by atoms with Crippen LogP contribution in [0.4, 0.5) is 0 Å². The van der Waals surface area contributed by atoms with Crippen molar-refractivity contribution in [2.75, 3.05) is 0 Å². The topological polar surface area (TPSA) is 25.8 Å². The van der Waals surface area contributed by atoms with Crippen molar-refractivity contribution in [3.05, 3.63) is 74.5 Å². The third kappa shape index (κ3) is 3.28. The third-order valence-corrected chi connectivity index (χ3v) is 7.28. The van der Waals surface area contributed by atoms with E-state index in [4.69, 9.17) is 23.2 Å². The van der Waals surface area contributed by atoms with Crippen LogP contribution in [0, 0.1) is 13.8 Å². The van der Waals surface area contributed by atoms with E-state index >= 15 is 0 Å². The number of aryl methyl sites for hydroxylation is 2. The standard InChI is InChI=1S/C24H18Cl2N2S/c1-13-11-15(7-9-17(13)22-14(2)23(25)28-24(26)27-22)16-8-10-21-19(12-16)18-5-3-4-6-20(18)29-21/h3,5,7-12H,4,6H2,1-2H3. The number of halogens is 2. The Morgan fingerprint density at radius 2 is 1.76 bits per heavy atom. The SMILES string of the molecule is Cc1cc(-c2ccc3sc4c(c3c2)C=CCC4)ccc1-c1nc(Cl)nc(Cl)c1C. The minimum absolute atomic E-state index is 0.166. The van der Waals surface area contributed by atoms with Crippen molar-refractivity contribution in [3.63, 3.8) is 0 Å². The summed E-state index contributed by atoms with van der Waals surface area (Å²) in [5.41, 5.74) is 7.58. The van der Waals surface area contributed by atoms with Gasteiger partial charge in [-0.25, -0.2) is 9.97 Å².